The van der Waals surface area contributed by atoms with Crippen molar-refractivity contribution >= 4 is 33.2 Å². The molecule has 1 aromatic carbocycles. The molecule has 0 radical (unpaired) electrons. The monoisotopic (exact) mass is 365 g/mol. The number of aromatic amines is 1. The number of fused-ring (bicyclic) bond motifs is 2. The largest absolute Gasteiger partial charge is 0.342 e. The van der Waals surface area contributed by atoms with Gasteiger partial charge in [0.2, 0.25) is 0 Å². The van der Waals surface area contributed by atoms with Crippen molar-refractivity contribution in [2.24, 2.45) is 0 Å². The molecule has 4 heterocycles. The first-order chi connectivity index (χ1) is 12.7. The lowest BCUT2D eigenvalue weighted by Gasteiger charge is -2.31. The Morgan fingerprint density at radius 3 is 3.12 bits per heavy atom. The van der Waals surface area contributed by atoms with Crippen LogP contribution in [-0.2, 0) is 0 Å². The zero-order chi connectivity index (χ0) is 17.7. The Morgan fingerprint density at radius 1 is 1.35 bits per heavy atom. The lowest BCUT2D eigenvalue weighted by atomic mass is 9.97. The SMILES string of the molecule is Cc1cccc2[nH]c(C3CCCN(C(=O)c4cn5ccsc5n4)C3)nc12. The molecule has 132 valence electrons. The molecule has 5 rings (SSSR count). The predicted molar refractivity (Wildman–Crippen MR) is 102 cm³/mol. The standard InChI is InChI=1S/C19H19N5OS/c1-12-4-2-6-14-16(12)22-17(20-14)13-5-3-7-23(10-13)18(25)15-11-24-8-9-26-19(24)21-15/h2,4,6,8-9,11,13H,3,5,7,10H2,1H3,(H,20,22). The third-order valence-electron chi connectivity index (χ3n) is 5.14. The van der Waals surface area contributed by atoms with Crippen molar-refractivity contribution in [3.8, 4) is 0 Å². The van der Waals surface area contributed by atoms with Gasteiger partial charge in [0, 0.05) is 36.8 Å². The fourth-order valence-electron chi connectivity index (χ4n) is 3.77. The molecule has 1 fully saturated rings. The minimum atomic E-state index is 0.0119. The molecule has 4 aromatic rings. The maximum atomic E-state index is 12.9. The molecule has 1 amide bonds. The number of aromatic nitrogens is 4. The van der Waals surface area contributed by atoms with E-state index in [-0.39, 0.29) is 11.8 Å². The number of aryl methyl sites for hydroxylation is 1. The van der Waals surface area contributed by atoms with Crippen molar-refractivity contribution in [3.63, 3.8) is 0 Å². The quantitative estimate of drug-likeness (QED) is 0.590. The van der Waals surface area contributed by atoms with Crippen LogP contribution >= 0.6 is 11.3 Å². The third-order valence-corrected chi connectivity index (χ3v) is 5.91. The van der Waals surface area contributed by atoms with Crippen LogP contribution < -0.4 is 0 Å². The Balaban J connectivity index is 1.40. The number of amides is 1. The first-order valence-corrected chi connectivity index (χ1v) is 9.74. The Hall–Kier alpha value is -2.67. The molecule has 1 aliphatic heterocycles. The van der Waals surface area contributed by atoms with E-state index in [1.54, 1.807) is 0 Å². The lowest BCUT2D eigenvalue weighted by molar-refractivity contribution is 0.0699. The van der Waals surface area contributed by atoms with Crippen molar-refractivity contribution in [1.82, 2.24) is 24.3 Å². The molecule has 0 bridgehead atoms. The second-order valence-electron chi connectivity index (χ2n) is 6.90. The molecule has 3 aromatic heterocycles. The Kier molecular flexibility index (Phi) is 3.56. The fourth-order valence-corrected chi connectivity index (χ4v) is 4.47. The van der Waals surface area contributed by atoms with Crippen molar-refractivity contribution in [2.45, 2.75) is 25.7 Å². The normalized spacial score (nSPS) is 18.0. The summed E-state index contributed by atoms with van der Waals surface area (Å²) in [5, 5.41) is 1.97. The maximum absolute atomic E-state index is 12.9. The highest BCUT2D eigenvalue weighted by atomic mass is 32.1. The molecule has 7 heteroatoms. The Labute approximate surface area is 154 Å². The molecular weight excluding hydrogens is 346 g/mol. The van der Waals surface area contributed by atoms with E-state index in [1.165, 1.54) is 16.9 Å². The number of benzene rings is 1. The van der Waals surface area contributed by atoms with Crippen LogP contribution in [0.25, 0.3) is 16.0 Å². The van der Waals surface area contributed by atoms with Gasteiger partial charge >= 0.3 is 0 Å². The van der Waals surface area contributed by atoms with Gasteiger partial charge in [0.05, 0.1) is 11.0 Å². The van der Waals surface area contributed by atoms with Crippen LogP contribution in [0.2, 0.25) is 0 Å². The van der Waals surface area contributed by atoms with Crippen LogP contribution in [0, 0.1) is 6.92 Å². The van der Waals surface area contributed by atoms with Crippen molar-refractivity contribution < 1.29 is 4.79 Å². The number of nitrogens with zero attached hydrogens (tertiary/aromatic N) is 4. The first kappa shape index (κ1) is 15.6. The van der Waals surface area contributed by atoms with Crippen LogP contribution in [0.4, 0.5) is 0 Å². The zero-order valence-electron chi connectivity index (χ0n) is 14.5. The summed E-state index contributed by atoms with van der Waals surface area (Å²) in [5.41, 5.74) is 3.79. The van der Waals surface area contributed by atoms with Crippen molar-refractivity contribution in [3.05, 3.63) is 53.1 Å². The minimum Gasteiger partial charge on any atom is -0.342 e. The van der Waals surface area contributed by atoms with Gasteiger partial charge in [-0.05, 0) is 31.4 Å². The summed E-state index contributed by atoms with van der Waals surface area (Å²) in [5.74, 6) is 1.23. The highest BCUT2D eigenvalue weighted by Gasteiger charge is 2.28. The number of H-pyrrole nitrogens is 1. The highest BCUT2D eigenvalue weighted by Crippen LogP contribution is 2.28. The van der Waals surface area contributed by atoms with E-state index >= 15 is 0 Å². The smallest absolute Gasteiger partial charge is 0.274 e. The minimum absolute atomic E-state index is 0.0119. The summed E-state index contributed by atoms with van der Waals surface area (Å²) in [7, 11) is 0. The molecular formula is C19H19N5OS. The molecule has 0 saturated carbocycles. The predicted octanol–water partition coefficient (Wildman–Crippen LogP) is 3.60. The number of imidazole rings is 2. The van der Waals surface area contributed by atoms with Crippen molar-refractivity contribution in [2.75, 3.05) is 13.1 Å². The number of hydrogen-bond donors (Lipinski definition) is 1. The second-order valence-corrected chi connectivity index (χ2v) is 7.78. The average molecular weight is 365 g/mol. The molecule has 26 heavy (non-hydrogen) atoms. The third kappa shape index (κ3) is 2.50. The molecule has 1 unspecified atom stereocenters. The summed E-state index contributed by atoms with van der Waals surface area (Å²) in [6, 6.07) is 6.18. The molecule has 6 nitrogen and oxygen atoms in total. The van der Waals surface area contributed by atoms with Gasteiger partial charge in [0.1, 0.15) is 11.5 Å². The number of thiazole rings is 1. The van der Waals surface area contributed by atoms with E-state index in [4.69, 9.17) is 4.98 Å². The maximum Gasteiger partial charge on any atom is 0.274 e. The van der Waals surface area contributed by atoms with Crippen molar-refractivity contribution in [1.29, 1.82) is 0 Å². The van der Waals surface area contributed by atoms with Gasteiger partial charge in [-0.15, -0.1) is 11.3 Å². The van der Waals surface area contributed by atoms with E-state index in [1.807, 2.05) is 33.1 Å². The van der Waals surface area contributed by atoms with Gasteiger partial charge in [-0.1, -0.05) is 12.1 Å². The number of nitrogens with one attached hydrogen (secondary N) is 1. The molecule has 0 aliphatic carbocycles. The van der Waals surface area contributed by atoms with E-state index in [2.05, 4.69) is 29.0 Å². The molecule has 0 spiro atoms. The Morgan fingerprint density at radius 2 is 2.27 bits per heavy atom. The zero-order valence-corrected chi connectivity index (χ0v) is 15.3. The van der Waals surface area contributed by atoms with Gasteiger partial charge < -0.3 is 9.88 Å². The van der Waals surface area contributed by atoms with Crippen LogP contribution in [0.5, 0.6) is 0 Å². The van der Waals surface area contributed by atoms with Gasteiger partial charge in [-0.25, -0.2) is 9.97 Å². The number of carbonyl (C=O) groups is 1. The van der Waals surface area contributed by atoms with Gasteiger partial charge in [0.25, 0.3) is 5.91 Å². The summed E-state index contributed by atoms with van der Waals surface area (Å²) in [6.07, 6.45) is 5.78. The van der Waals surface area contributed by atoms with E-state index in [0.717, 1.165) is 41.2 Å². The van der Waals surface area contributed by atoms with Crippen LogP contribution in [0.15, 0.2) is 36.0 Å². The summed E-state index contributed by atoms with van der Waals surface area (Å²) in [6.45, 7) is 3.54. The van der Waals surface area contributed by atoms with Crippen LogP contribution in [0.3, 0.4) is 0 Å². The summed E-state index contributed by atoms with van der Waals surface area (Å²) < 4.78 is 1.90. The average Bonchev–Trinajstić information content (AvgIpc) is 3.35. The molecule has 1 aliphatic rings. The number of carbonyl (C=O) groups excluding carboxylic acids is 1. The van der Waals surface area contributed by atoms with E-state index < -0.39 is 0 Å². The van der Waals surface area contributed by atoms with E-state index in [9.17, 15) is 4.79 Å². The van der Waals surface area contributed by atoms with Crippen LogP contribution in [0.1, 0.15) is 40.6 Å². The number of hydrogen-bond acceptors (Lipinski definition) is 4. The lowest BCUT2D eigenvalue weighted by Crippen LogP contribution is -2.39. The van der Waals surface area contributed by atoms with Gasteiger partial charge in [0.15, 0.2) is 4.96 Å². The molecule has 1 atom stereocenters. The molecule has 1 N–H and O–H groups in total. The second kappa shape index (κ2) is 5.95. The Bertz CT molecular complexity index is 1080. The van der Waals surface area contributed by atoms with Gasteiger partial charge in [-0.3, -0.25) is 9.20 Å². The summed E-state index contributed by atoms with van der Waals surface area (Å²) >= 11 is 1.54. The first-order valence-electron chi connectivity index (χ1n) is 8.86. The fraction of sp³-hybridized carbons (Fsp3) is 0.316. The number of para-hydroxylation sites is 1. The summed E-state index contributed by atoms with van der Waals surface area (Å²) in [4.78, 5) is 28.4. The topological polar surface area (TPSA) is 66.3 Å². The van der Waals surface area contributed by atoms with Gasteiger partial charge in [-0.2, -0.15) is 0 Å². The highest BCUT2D eigenvalue weighted by molar-refractivity contribution is 7.15. The molecule has 1 saturated heterocycles. The number of piperidine rings is 1. The number of rotatable bonds is 2. The van der Waals surface area contributed by atoms with E-state index in [0.29, 0.717) is 12.2 Å². The van der Waals surface area contributed by atoms with Crippen LogP contribution in [-0.4, -0.2) is 43.2 Å². The number of likely N-dealkylation sites (tertiary alicyclic amines) is 1.